The largest absolute Gasteiger partial charge is 0.356 e. The summed E-state index contributed by atoms with van der Waals surface area (Å²) in [6.07, 6.45) is 5.01. The molecular weight excluding hydrogens is 415 g/mol. The van der Waals surface area contributed by atoms with Crippen LogP contribution < -0.4 is 10.2 Å². The van der Waals surface area contributed by atoms with Gasteiger partial charge in [-0.05, 0) is 53.8 Å². The van der Waals surface area contributed by atoms with E-state index in [1.54, 1.807) is 24.5 Å². The molecule has 4 rings (SSSR count). The van der Waals surface area contributed by atoms with Crippen LogP contribution in [0.2, 0.25) is 0 Å². The van der Waals surface area contributed by atoms with Gasteiger partial charge in [-0.3, -0.25) is 9.78 Å². The first-order valence-corrected chi connectivity index (χ1v) is 11.6. The fourth-order valence-electron chi connectivity index (χ4n) is 4.68. The molecule has 0 spiro atoms. The number of ketones is 1. The second kappa shape index (κ2) is 9.48. The fraction of sp³-hybridized carbons (Fsp3) is 0.407. The molecule has 1 aliphatic heterocycles. The third-order valence-corrected chi connectivity index (χ3v) is 6.06. The molecule has 0 saturated carbocycles. The van der Waals surface area contributed by atoms with E-state index in [0.29, 0.717) is 12.1 Å². The number of Topliss-reactive ketones (excluding diaryl/α,β-unsaturated/α-hetero) is 1. The Hall–Kier alpha value is -2.99. The van der Waals surface area contributed by atoms with Gasteiger partial charge in [0.05, 0.1) is 5.69 Å². The molecule has 0 radical (unpaired) electrons. The minimum Gasteiger partial charge on any atom is -0.356 e. The molecule has 0 unspecified atom stereocenters. The van der Waals surface area contributed by atoms with E-state index in [0.717, 1.165) is 60.7 Å². The molecule has 3 aromatic rings. The van der Waals surface area contributed by atoms with Crippen LogP contribution in [-0.2, 0) is 7.05 Å². The summed E-state index contributed by atoms with van der Waals surface area (Å²) in [6, 6.07) is 10.5. The van der Waals surface area contributed by atoms with Gasteiger partial charge in [0.15, 0.2) is 5.78 Å². The highest BCUT2D eigenvalue weighted by Gasteiger charge is 2.31. The molecule has 3 heterocycles. The maximum absolute atomic E-state index is 13.8. The molecule has 0 atom stereocenters. The molecule has 1 aromatic carbocycles. The molecule has 1 fully saturated rings. The third-order valence-electron chi connectivity index (χ3n) is 6.06. The lowest BCUT2D eigenvalue weighted by Gasteiger charge is -2.25. The number of aromatic nitrogens is 2. The van der Waals surface area contributed by atoms with E-state index in [2.05, 4.69) is 40.5 Å². The van der Waals surface area contributed by atoms with Crippen molar-refractivity contribution in [2.75, 3.05) is 31.1 Å². The number of hydrogen-bond donors (Lipinski definition) is 1. The monoisotopic (exact) mass is 448 g/mol. The predicted octanol–water partition coefficient (Wildman–Crippen LogP) is 5.31. The molecule has 174 valence electrons. The number of pyridine rings is 1. The number of rotatable bonds is 5. The Kier molecular flexibility index (Phi) is 6.66. The summed E-state index contributed by atoms with van der Waals surface area (Å²) in [5, 5.41) is 3.47. The van der Waals surface area contributed by atoms with Crippen molar-refractivity contribution in [3.05, 3.63) is 60.3 Å². The Morgan fingerprint density at radius 1 is 1.00 bits per heavy atom. The van der Waals surface area contributed by atoms with Gasteiger partial charge in [-0.15, -0.1) is 0 Å². The minimum atomic E-state index is -0.290. The number of halogens is 1. The van der Waals surface area contributed by atoms with Gasteiger partial charge in [-0.1, -0.05) is 32.9 Å². The average Bonchev–Trinajstić information content (AvgIpc) is 2.91. The highest BCUT2D eigenvalue weighted by molar-refractivity contribution is 6.08. The summed E-state index contributed by atoms with van der Waals surface area (Å²) in [4.78, 5) is 20.3. The number of carbonyl (C=O) groups is 1. The van der Waals surface area contributed by atoms with E-state index in [1.807, 2.05) is 19.2 Å². The van der Waals surface area contributed by atoms with Gasteiger partial charge >= 0.3 is 0 Å². The average molecular weight is 449 g/mol. The van der Waals surface area contributed by atoms with Crippen molar-refractivity contribution in [1.29, 1.82) is 0 Å². The summed E-state index contributed by atoms with van der Waals surface area (Å²) in [6.45, 7) is 9.86. The topological polar surface area (TPSA) is 50.2 Å². The first-order chi connectivity index (χ1) is 15.8. The van der Waals surface area contributed by atoms with E-state index in [9.17, 15) is 9.18 Å². The lowest BCUT2D eigenvalue weighted by molar-refractivity contribution is 0.0932. The quantitative estimate of drug-likeness (QED) is 0.538. The van der Waals surface area contributed by atoms with Crippen molar-refractivity contribution in [3.8, 4) is 22.3 Å². The Morgan fingerprint density at radius 2 is 1.67 bits per heavy atom. The fourth-order valence-corrected chi connectivity index (χ4v) is 4.68. The summed E-state index contributed by atoms with van der Waals surface area (Å²) in [7, 11) is 1.99. The van der Waals surface area contributed by atoms with Gasteiger partial charge in [-0.25, -0.2) is 4.39 Å². The number of carbonyl (C=O) groups excluding carboxylic acids is 1. The predicted molar refractivity (Wildman–Crippen MR) is 132 cm³/mol. The Labute approximate surface area is 195 Å². The summed E-state index contributed by atoms with van der Waals surface area (Å²) in [5.74, 6) is 0.835. The zero-order valence-electron chi connectivity index (χ0n) is 20.0. The first-order valence-electron chi connectivity index (χ1n) is 11.6. The van der Waals surface area contributed by atoms with Crippen LogP contribution >= 0.6 is 0 Å². The molecule has 0 amide bonds. The molecule has 5 nitrogen and oxygen atoms in total. The van der Waals surface area contributed by atoms with Gasteiger partial charge in [-0.2, -0.15) is 0 Å². The molecule has 1 N–H and O–H groups in total. The maximum Gasteiger partial charge on any atom is 0.180 e. The van der Waals surface area contributed by atoms with Gasteiger partial charge in [0.25, 0.3) is 0 Å². The van der Waals surface area contributed by atoms with E-state index >= 15 is 0 Å². The highest BCUT2D eigenvalue weighted by Crippen LogP contribution is 2.45. The standard InChI is InChI=1S/C27H33FN4O/c1-27(2,3)18-22(33)25-23(19-6-8-21(28)9-7-19)24(20-10-13-30-14-11-20)26(31(25)4)32-16-5-12-29-15-17-32/h6-11,13-14,29H,5,12,15-18H2,1-4H3. The Balaban J connectivity index is 2.03. The van der Waals surface area contributed by atoms with Crippen molar-refractivity contribution in [3.63, 3.8) is 0 Å². The van der Waals surface area contributed by atoms with Crippen LogP contribution in [0.5, 0.6) is 0 Å². The first kappa shape index (κ1) is 23.2. The number of anilines is 1. The smallest absolute Gasteiger partial charge is 0.180 e. The summed E-state index contributed by atoms with van der Waals surface area (Å²) < 4.78 is 15.9. The van der Waals surface area contributed by atoms with Gasteiger partial charge in [0.1, 0.15) is 11.6 Å². The van der Waals surface area contributed by atoms with Crippen molar-refractivity contribution >= 4 is 11.6 Å². The van der Waals surface area contributed by atoms with Crippen LogP contribution in [0.1, 0.15) is 44.1 Å². The zero-order chi connectivity index (χ0) is 23.6. The van der Waals surface area contributed by atoms with Crippen molar-refractivity contribution in [1.82, 2.24) is 14.9 Å². The van der Waals surface area contributed by atoms with Crippen LogP contribution in [-0.4, -0.2) is 41.5 Å². The molecule has 6 heteroatoms. The second-order valence-corrected chi connectivity index (χ2v) is 9.98. The zero-order valence-corrected chi connectivity index (χ0v) is 20.0. The van der Waals surface area contributed by atoms with Gasteiger partial charge < -0.3 is 14.8 Å². The van der Waals surface area contributed by atoms with Crippen LogP contribution in [0.4, 0.5) is 10.2 Å². The second-order valence-electron chi connectivity index (χ2n) is 9.98. The van der Waals surface area contributed by atoms with Crippen LogP contribution in [0.25, 0.3) is 22.3 Å². The van der Waals surface area contributed by atoms with Crippen LogP contribution in [0.3, 0.4) is 0 Å². The molecule has 2 aromatic heterocycles. The Bertz CT molecular complexity index is 1110. The molecule has 1 saturated heterocycles. The number of hydrogen-bond acceptors (Lipinski definition) is 4. The number of nitrogens with one attached hydrogen (secondary N) is 1. The van der Waals surface area contributed by atoms with Crippen LogP contribution in [0, 0.1) is 11.2 Å². The number of nitrogens with zero attached hydrogens (tertiary/aromatic N) is 3. The van der Waals surface area contributed by atoms with Crippen molar-refractivity contribution in [2.24, 2.45) is 12.5 Å². The number of benzene rings is 1. The summed E-state index contributed by atoms with van der Waals surface area (Å²) in [5.41, 5.74) is 4.24. The van der Waals surface area contributed by atoms with E-state index in [1.165, 1.54) is 12.1 Å². The molecule has 1 aliphatic rings. The van der Waals surface area contributed by atoms with Crippen LogP contribution in [0.15, 0.2) is 48.8 Å². The normalized spacial score (nSPS) is 14.9. The molecular formula is C27H33FN4O. The van der Waals surface area contributed by atoms with E-state index < -0.39 is 0 Å². The molecule has 0 bridgehead atoms. The Morgan fingerprint density at radius 3 is 2.33 bits per heavy atom. The molecule has 33 heavy (non-hydrogen) atoms. The highest BCUT2D eigenvalue weighted by atomic mass is 19.1. The minimum absolute atomic E-state index is 0.0961. The van der Waals surface area contributed by atoms with Crippen molar-refractivity contribution in [2.45, 2.75) is 33.6 Å². The maximum atomic E-state index is 13.8. The van der Waals surface area contributed by atoms with E-state index in [-0.39, 0.29) is 17.0 Å². The SMILES string of the molecule is Cn1c(C(=O)CC(C)(C)C)c(-c2ccc(F)cc2)c(-c2ccncc2)c1N1CCCNCC1. The van der Waals surface area contributed by atoms with Crippen molar-refractivity contribution < 1.29 is 9.18 Å². The summed E-state index contributed by atoms with van der Waals surface area (Å²) >= 11 is 0. The lowest BCUT2D eigenvalue weighted by atomic mass is 9.87. The third kappa shape index (κ3) is 5.01. The van der Waals surface area contributed by atoms with Gasteiger partial charge in [0.2, 0.25) is 0 Å². The van der Waals surface area contributed by atoms with Gasteiger partial charge in [0, 0.05) is 56.6 Å². The lowest BCUT2D eigenvalue weighted by Crippen LogP contribution is -2.30. The molecule has 0 aliphatic carbocycles. The van der Waals surface area contributed by atoms with E-state index in [4.69, 9.17) is 0 Å².